The summed E-state index contributed by atoms with van der Waals surface area (Å²) in [5, 5.41) is 21.0. The fourth-order valence-electron chi connectivity index (χ4n) is 5.14. The lowest BCUT2D eigenvalue weighted by Gasteiger charge is -2.54. The van der Waals surface area contributed by atoms with Crippen molar-refractivity contribution in [3.8, 4) is 0 Å². The van der Waals surface area contributed by atoms with Crippen LogP contribution in [0.2, 0.25) is 0 Å². The van der Waals surface area contributed by atoms with E-state index in [1.807, 2.05) is 6.08 Å². The molecule has 2 N–H and O–H groups in total. The molecule has 3 aliphatic rings. The molecule has 1 heterocycles. The summed E-state index contributed by atoms with van der Waals surface area (Å²) in [6, 6.07) is 0. The molecule has 0 aromatic rings. The SMILES string of the molecule is CCC[C@@H](O)C1=C[C@H](O)C[C@@]2(C)CC[C@@H]3C[C@]12OC3(C)C. The summed E-state index contributed by atoms with van der Waals surface area (Å²) in [6.45, 7) is 8.71. The van der Waals surface area contributed by atoms with Crippen molar-refractivity contribution < 1.29 is 14.9 Å². The van der Waals surface area contributed by atoms with E-state index in [2.05, 4.69) is 27.7 Å². The maximum absolute atomic E-state index is 10.7. The second-order valence-corrected chi connectivity index (χ2v) is 8.23. The van der Waals surface area contributed by atoms with Gasteiger partial charge in [-0.25, -0.2) is 0 Å². The van der Waals surface area contributed by atoms with Gasteiger partial charge in [0.15, 0.2) is 0 Å². The standard InChI is InChI=1S/C18H30O3/c1-5-6-15(20)14-9-13(19)11-17(4)8-7-12-10-18(14,17)21-16(12,2)3/h9,12-13,15,19-20H,5-8,10-11H2,1-4H3/t12-,13+,15-,17-,18+/m1/s1. The predicted octanol–water partition coefficient (Wildman–Crippen LogP) is 3.19. The van der Waals surface area contributed by atoms with Crippen LogP contribution in [0.1, 0.15) is 66.2 Å². The van der Waals surface area contributed by atoms with E-state index in [0.29, 0.717) is 5.92 Å². The lowest BCUT2D eigenvalue weighted by molar-refractivity contribution is -0.148. The zero-order valence-electron chi connectivity index (χ0n) is 13.9. The minimum Gasteiger partial charge on any atom is -0.389 e. The van der Waals surface area contributed by atoms with Crippen LogP contribution in [-0.4, -0.2) is 33.6 Å². The molecule has 1 saturated carbocycles. The Hall–Kier alpha value is -0.380. The summed E-state index contributed by atoms with van der Waals surface area (Å²) < 4.78 is 6.66. The van der Waals surface area contributed by atoms with Gasteiger partial charge in [-0.2, -0.15) is 0 Å². The zero-order chi connectivity index (χ0) is 15.5. The van der Waals surface area contributed by atoms with Crippen LogP contribution in [-0.2, 0) is 4.74 Å². The molecular weight excluding hydrogens is 264 g/mol. The highest BCUT2D eigenvalue weighted by Gasteiger charge is 2.66. The second-order valence-electron chi connectivity index (χ2n) is 8.23. The number of rotatable bonds is 3. The van der Waals surface area contributed by atoms with Crippen LogP contribution < -0.4 is 0 Å². The molecule has 0 aromatic heterocycles. The third kappa shape index (κ3) is 2.12. The summed E-state index contributed by atoms with van der Waals surface area (Å²) >= 11 is 0. The first-order valence-corrected chi connectivity index (χ1v) is 8.52. The van der Waals surface area contributed by atoms with Crippen molar-refractivity contribution >= 4 is 0 Å². The largest absolute Gasteiger partial charge is 0.389 e. The van der Waals surface area contributed by atoms with Gasteiger partial charge in [-0.15, -0.1) is 0 Å². The topological polar surface area (TPSA) is 49.7 Å². The van der Waals surface area contributed by atoms with Crippen molar-refractivity contribution in [3.63, 3.8) is 0 Å². The minimum absolute atomic E-state index is 0.0600. The van der Waals surface area contributed by atoms with Crippen LogP contribution in [0, 0.1) is 11.3 Å². The molecule has 1 saturated heterocycles. The summed E-state index contributed by atoms with van der Waals surface area (Å²) in [6.07, 6.45) is 6.62. The van der Waals surface area contributed by atoms with Gasteiger partial charge in [0.1, 0.15) is 0 Å². The van der Waals surface area contributed by atoms with Gasteiger partial charge in [-0.3, -0.25) is 0 Å². The Balaban J connectivity index is 2.07. The molecule has 0 radical (unpaired) electrons. The van der Waals surface area contributed by atoms with Crippen LogP contribution >= 0.6 is 0 Å². The van der Waals surface area contributed by atoms with Gasteiger partial charge in [0.05, 0.1) is 23.4 Å². The molecule has 120 valence electrons. The van der Waals surface area contributed by atoms with E-state index in [1.54, 1.807) is 0 Å². The number of ether oxygens (including phenoxy) is 1. The van der Waals surface area contributed by atoms with Crippen LogP contribution in [0.3, 0.4) is 0 Å². The van der Waals surface area contributed by atoms with Crippen molar-refractivity contribution in [1.29, 1.82) is 0 Å². The van der Waals surface area contributed by atoms with E-state index in [9.17, 15) is 10.2 Å². The molecule has 5 atom stereocenters. The maximum atomic E-state index is 10.7. The molecule has 0 amide bonds. The van der Waals surface area contributed by atoms with Gasteiger partial charge in [0.25, 0.3) is 0 Å². The van der Waals surface area contributed by atoms with E-state index in [1.165, 1.54) is 0 Å². The molecule has 1 aliphatic heterocycles. The highest BCUT2D eigenvalue weighted by atomic mass is 16.5. The first-order valence-electron chi connectivity index (χ1n) is 8.52. The Morgan fingerprint density at radius 3 is 2.71 bits per heavy atom. The van der Waals surface area contributed by atoms with Crippen molar-refractivity contribution in [2.24, 2.45) is 11.3 Å². The van der Waals surface area contributed by atoms with E-state index in [-0.39, 0.29) is 16.6 Å². The molecular formula is C18H30O3. The summed E-state index contributed by atoms with van der Waals surface area (Å²) in [5.74, 6) is 0.554. The molecule has 2 fully saturated rings. The molecule has 21 heavy (non-hydrogen) atoms. The minimum atomic E-state index is -0.489. The Kier molecular flexibility index (Phi) is 3.55. The number of hydrogen-bond acceptors (Lipinski definition) is 3. The monoisotopic (exact) mass is 294 g/mol. The van der Waals surface area contributed by atoms with Gasteiger partial charge in [-0.1, -0.05) is 26.3 Å². The summed E-state index contributed by atoms with van der Waals surface area (Å²) in [4.78, 5) is 0. The van der Waals surface area contributed by atoms with E-state index >= 15 is 0 Å². The van der Waals surface area contributed by atoms with Gasteiger partial charge >= 0.3 is 0 Å². The first-order chi connectivity index (χ1) is 9.74. The van der Waals surface area contributed by atoms with Crippen molar-refractivity contribution in [2.75, 3.05) is 0 Å². The van der Waals surface area contributed by atoms with Crippen LogP contribution in [0.15, 0.2) is 11.6 Å². The molecule has 3 heteroatoms. The van der Waals surface area contributed by atoms with Crippen molar-refractivity contribution in [1.82, 2.24) is 0 Å². The second kappa shape index (κ2) is 4.81. The van der Waals surface area contributed by atoms with E-state index in [4.69, 9.17) is 4.74 Å². The Labute approximate surface area is 128 Å². The van der Waals surface area contributed by atoms with Crippen LogP contribution in [0.5, 0.6) is 0 Å². The highest BCUT2D eigenvalue weighted by molar-refractivity contribution is 5.35. The zero-order valence-corrected chi connectivity index (χ0v) is 13.9. The van der Waals surface area contributed by atoms with Gasteiger partial charge in [0, 0.05) is 5.41 Å². The average Bonchev–Trinajstić information content (AvgIpc) is 2.61. The van der Waals surface area contributed by atoms with Crippen LogP contribution in [0.25, 0.3) is 0 Å². The molecule has 0 aromatic carbocycles. The molecule has 3 nitrogen and oxygen atoms in total. The molecule has 1 spiro atoms. The smallest absolute Gasteiger partial charge is 0.0982 e. The maximum Gasteiger partial charge on any atom is 0.0982 e. The number of aliphatic hydroxyl groups excluding tert-OH is 2. The average molecular weight is 294 g/mol. The first kappa shape index (κ1) is 15.5. The predicted molar refractivity (Wildman–Crippen MR) is 83.0 cm³/mol. The number of fused-ring (bicyclic) bond motifs is 1. The van der Waals surface area contributed by atoms with E-state index in [0.717, 1.165) is 44.1 Å². The summed E-state index contributed by atoms with van der Waals surface area (Å²) in [5.41, 5.74) is 0.397. The van der Waals surface area contributed by atoms with E-state index < -0.39 is 12.2 Å². The molecule has 2 bridgehead atoms. The van der Waals surface area contributed by atoms with Gasteiger partial charge in [-0.05, 0) is 57.4 Å². The fourth-order valence-corrected chi connectivity index (χ4v) is 5.14. The van der Waals surface area contributed by atoms with Gasteiger partial charge < -0.3 is 14.9 Å². The Morgan fingerprint density at radius 1 is 1.33 bits per heavy atom. The quantitative estimate of drug-likeness (QED) is 0.786. The van der Waals surface area contributed by atoms with Gasteiger partial charge in [0.2, 0.25) is 0 Å². The Morgan fingerprint density at radius 2 is 2.05 bits per heavy atom. The summed E-state index contributed by atoms with van der Waals surface area (Å²) in [7, 11) is 0. The molecule has 0 unspecified atom stereocenters. The fraction of sp³-hybridized carbons (Fsp3) is 0.889. The lowest BCUT2D eigenvalue weighted by Crippen LogP contribution is -2.56. The number of hydrogen-bond donors (Lipinski definition) is 2. The number of aliphatic hydroxyl groups is 2. The Bertz CT molecular complexity index is 455. The van der Waals surface area contributed by atoms with Crippen LogP contribution in [0.4, 0.5) is 0 Å². The highest BCUT2D eigenvalue weighted by Crippen LogP contribution is 2.65. The third-order valence-electron chi connectivity index (χ3n) is 6.39. The molecule has 3 rings (SSSR count). The lowest BCUT2D eigenvalue weighted by atomic mass is 9.54. The van der Waals surface area contributed by atoms with Crippen molar-refractivity contribution in [3.05, 3.63) is 11.6 Å². The van der Waals surface area contributed by atoms with Crippen molar-refractivity contribution in [2.45, 2.75) is 89.6 Å². The third-order valence-corrected chi connectivity index (χ3v) is 6.39. The normalized spacial score (nSPS) is 45.9. The molecule has 2 aliphatic carbocycles.